The van der Waals surface area contributed by atoms with Crippen molar-refractivity contribution >= 4 is 17.4 Å². The summed E-state index contributed by atoms with van der Waals surface area (Å²) in [6.07, 6.45) is 0. The number of hydrogen-bond donors (Lipinski definition) is 2. The quantitative estimate of drug-likeness (QED) is 0.244. The van der Waals surface area contributed by atoms with Crippen LogP contribution < -0.4 is 9.47 Å². The minimum atomic E-state index is -0.869. The van der Waals surface area contributed by atoms with E-state index >= 15 is 0 Å². The van der Waals surface area contributed by atoms with Gasteiger partial charge >= 0.3 is 0 Å². The largest absolute Gasteiger partial charge is 0.508 e. The standard InChI is InChI=1S/C31H33NO6/c1-18-15-19(2)29(37-6)24(16-18)27(34)25-26(21-9-11-22(33)12-10-21)32(30(36)28(25)35)17-20-7-13-23(14-8-20)38-31(3,4)5/h7-16,26,33-34H,17H2,1-6H3/b27-25+. The molecule has 0 aliphatic carbocycles. The summed E-state index contributed by atoms with van der Waals surface area (Å²) in [7, 11) is 1.50. The number of methoxy groups -OCH3 is 1. The fourth-order valence-corrected chi connectivity index (χ4v) is 4.81. The molecule has 2 N–H and O–H groups in total. The zero-order chi connectivity index (χ0) is 27.8. The van der Waals surface area contributed by atoms with Gasteiger partial charge in [0.15, 0.2) is 0 Å². The van der Waals surface area contributed by atoms with Gasteiger partial charge in [0.1, 0.15) is 28.6 Å². The number of ketones is 1. The van der Waals surface area contributed by atoms with Crippen LogP contribution in [0.1, 0.15) is 54.6 Å². The average Bonchev–Trinajstić information content (AvgIpc) is 3.09. The van der Waals surface area contributed by atoms with Crippen molar-refractivity contribution in [1.29, 1.82) is 0 Å². The summed E-state index contributed by atoms with van der Waals surface area (Å²) in [6, 6.07) is 16.4. The lowest BCUT2D eigenvalue weighted by Crippen LogP contribution is -2.29. The highest BCUT2D eigenvalue weighted by Crippen LogP contribution is 2.42. The molecule has 0 bridgehead atoms. The molecule has 1 aliphatic heterocycles. The maximum Gasteiger partial charge on any atom is 0.295 e. The number of benzene rings is 3. The van der Waals surface area contributed by atoms with Crippen molar-refractivity contribution in [2.75, 3.05) is 7.11 Å². The first-order valence-electron chi connectivity index (χ1n) is 12.4. The lowest BCUT2D eigenvalue weighted by atomic mass is 9.93. The molecule has 1 atom stereocenters. The Morgan fingerprint density at radius 1 is 0.974 bits per heavy atom. The smallest absolute Gasteiger partial charge is 0.295 e. The Bertz CT molecular complexity index is 1400. The van der Waals surface area contributed by atoms with Crippen molar-refractivity contribution in [2.45, 2.75) is 52.8 Å². The predicted molar refractivity (Wildman–Crippen MR) is 145 cm³/mol. The molecule has 1 aliphatic rings. The lowest BCUT2D eigenvalue weighted by molar-refractivity contribution is -0.140. The van der Waals surface area contributed by atoms with Gasteiger partial charge in [0, 0.05) is 6.54 Å². The molecular formula is C31H33NO6. The van der Waals surface area contributed by atoms with Crippen molar-refractivity contribution in [1.82, 2.24) is 4.90 Å². The Labute approximate surface area is 222 Å². The minimum absolute atomic E-state index is 0.0309. The molecule has 198 valence electrons. The van der Waals surface area contributed by atoms with Crippen LogP contribution >= 0.6 is 0 Å². The summed E-state index contributed by atoms with van der Waals surface area (Å²) >= 11 is 0. The second-order valence-electron chi connectivity index (χ2n) is 10.5. The number of aromatic hydroxyl groups is 1. The molecule has 0 radical (unpaired) electrons. The summed E-state index contributed by atoms with van der Waals surface area (Å²) in [6.45, 7) is 9.75. The SMILES string of the molecule is COc1c(C)cc(C)cc1/C(O)=C1\C(=O)C(=O)N(Cc2ccc(OC(C)(C)C)cc2)C1c1ccc(O)cc1. The van der Waals surface area contributed by atoms with E-state index in [1.807, 2.05) is 65.0 Å². The van der Waals surface area contributed by atoms with E-state index in [2.05, 4.69) is 0 Å². The third-order valence-corrected chi connectivity index (χ3v) is 6.33. The van der Waals surface area contributed by atoms with E-state index in [4.69, 9.17) is 9.47 Å². The Morgan fingerprint density at radius 2 is 1.61 bits per heavy atom. The molecule has 0 spiro atoms. The number of amides is 1. The van der Waals surface area contributed by atoms with Crippen molar-refractivity contribution in [2.24, 2.45) is 0 Å². The molecule has 0 saturated carbocycles. The fourth-order valence-electron chi connectivity index (χ4n) is 4.81. The van der Waals surface area contributed by atoms with Crippen LogP contribution in [0.25, 0.3) is 5.76 Å². The van der Waals surface area contributed by atoms with Gasteiger partial charge in [-0.05, 0) is 87.2 Å². The monoisotopic (exact) mass is 515 g/mol. The highest BCUT2D eigenvalue weighted by atomic mass is 16.5. The summed E-state index contributed by atoms with van der Waals surface area (Å²) in [4.78, 5) is 28.2. The number of nitrogens with zero attached hydrogens (tertiary/aromatic N) is 1. The van der Waals surface area contributed by atoms with Gasteiger partial charge in [0.2, 0.25) is 0 Å². The number of aliphatic hydroxyl groups is 1. The van der Waals surface area contributed by atoms with Crippen molar-refractivity contribution in [3.05, 3.63) is 94.1 Å². The van der Waals surface area contributed by atoms with Crippen LogP contribution in [0.4, 0.5) is 0 Å². The molecule has 1 heterocycles. The molecule has 1 fully saturated rings. The summed E-state index contributed by atoms with van der Waals surface area (Å²) in [5, 5.41) is 21.4. The molecule has 1 unspecified atom stereocenters. The maximum atomic E-state index is 13.4. The Balaban J connectivity index is 1.82. The highest BCUT2D eigenvalue weighted by molar-refractivity contribution is 6.46. The van der Waals surface area contributed by atoms with Crippen LogP contribution in [0, 0.1) is 13.8 Å². The highest BCUT2D eigenvalue weighted by Gasteiger charge is 2.46. The number of phenols is 1. The first-order valence-corrected chi connectivity index (χ1v) is 12.4. The zero-order valence-electron chi connectivity index (χ0n) is 22.5. The van der Waals surface area contributed by atoms with E-state index in [0.29, 0.717) is 22.6 Å². The Kier molecular flexibility index (Phi) is 7.22. The molecular weight excluding hydrogens is 482 g/mol. The number of phenolic OH excluding ortho intramolecular Hbond substituents is 1. The van der Waals surface area contributed by atoms with Gasteiger partial charge in [-0.1, -0.05) is 30.3 Å². The molecule has 1 saturated heterocycles. The van der Waals surface area contributed by atoms with Crippen LogP contribution in [0.5, 0.6) is 17.2 Å². The van der Waals surface area contributed by atoms with Gasteiger partial charge in [0.05, 0.1) is 24.3 Å². The van der Waals surface area contributed by atoms with Gasteiger partial charge in [-0.2, -0.15) is 0 Å². The van der Waals surface area contributed by atoms with Crippen LogP contribution in [-0.2, 0) is 16.1 Å². The van der Waals surface area contributed by atoms with Gasteiger partial charge in [-0.15, -0.1) is 0 Å². The predicted octanol–water partition coefficient (Wildman–Crippen LogP) is 5.82. The molecule has 38 heavy (non-hydrogen) atoms. The number of carbonyl (C=O) groups excluding carboxylic acids is 2. The second-order valence-corrected chi connectivity index (χ2v) is 10.5. The van der Waals surface area contributed by atoms with Crippen LogP contribution in [0.3, 0.4) is 0 Å². The Hall–Kier alpha value is -4.26. The molecule has 3 aromatic carbocycles. The number of hydrogen-bond acceptors (Lipinski definition) is 6. The number of carbonyl (C=O) groups is 2. The molecule has 7 heteroatoms. The minimum Gasteiger partial charge on any atom is -0.508 e. The zero-order valence-corrected chi connectivity index (χ0v) is 22.5. The molecule has 0 aromatic heterocycles. The van der Waals surface area contributed by atoms with Crippen molar-refractivity contribution in [3.8, 4) is 17.2 Å². The summed E-state index contributed by atoms with van der Waals surface area (Å²) in [5.74, 6) is -0.631. The third-order valence-electron chi connectivity index (χ3n) is 6.33. The lowest BCUT2D eigenvalue weighted by Gasteiger charge is -2.26. The van der Waals surface area contributed by atoms with E-state index in [0.717, 1.165) is 16.7 Å². The van der Waals surface area contributed by atoms with E-state index in [-0.39, 0.29) is 29.2 Å². The molecule has 7 nitrogen and oxygen atoms in total. The topological polar surface area (TPSA) is 96.3 Å². The second kappa shape index (κ2) is 10.2. The number of aryl methyl sites for hydroxylation is 2. The number of rotatable bonds is 6. The van der Waals surface area contributed by atoms with Crippen molar-refractivity contribution in [3.63, 3.8) is 0 Å². The summed E-state index contributed by atoms with van der Waals surface area (Å²) in [5.41, 5.74) is 3.00. The van der Waals surface area contributed by atoms with Gasteiger partial charge in [-0.3, -0.25) is 9.59 Å². The fraction of sp³-hybridized carbons (Fsp3) is 0.290. The van der Waals surface area contributed by atoms with E-state index in [1.165, 1.54) is 24.1 Å². The average molecular weight is 516 g/mol. The van der Waals surface area contributed by atoms with Gasteiger partial charge in [-0.25, -0.2) is 0 Å². The van der Waals surface area contributed by atoms with E-state index in [9.17, 15) is 19.8 Å². The third kappa shape index (κ3) is 5.37. The summed E-state index contributed by atoms with van der Waals surface area (Å²) < 4.78 is 11.4. The van der Waals surface area contributed by atoms with Crippen molar-refractivity contribution < 1.29 is 29.3 Å². The van der Waals surface area contributed by atoms with E-state index < -0.39 is 17.7 Å². The number of ether oxygens (including phenoxy) is 2. The number of Topliss-reactive ketones (excluding diaryl/α,β-unsaturated/α-hetero) is 1. The normalized spacial score (nSPS) is 17.1. The van der Waals surface area contributed by atoms with Gasteiger partial charge < -0.3 is 24.6 Å². The van der Waals surface area contributed by atoms with Crippen LogP contribution in [0.15, 0.2) is 66.2 Å². The maximum absolute atomic E-state index is 13.4. The number of likely N-dealkylation sites (tertiary alicyclic amines) is 1. The first kappa shape index (κ1) is 26.8. The molecule has 4 rings (SSSR count). The van der Waals surface area contributed by atoms with Crippen LogP contribution in [0.2, 0.25) is 0 Å². The van der Waals surface area contributed by atoms with E-state index in [1.54, 1.807) is 18.2 Å². The Morgan fingerprint density at radius 3 is 2.18 bits per heavy atom. The van der Waals surface area contributed by atoms with Crippen LogP contribution in [-0.4, -0.2) is 39.5 Å². The number of aliphatic hydroxyl groups excluding tert-OH is 1. The molecule has 3 aromatic rings. The van der Waals surface area contributed by atoms with Gasteiger partial charge in [0.25, 0.3) is 11.7 Å². The first-order chi connectivity index (χ1) is 17.9. The molecule has 1 amide bonds.